The highest BCUT2D eigenvalue weighted by atomic mass is 19.1. The van der Waals surface area contributed by atoms with E-state index in [9.17, 15) is 14.3 Å². The third kappa shape index (κ3) is 4.49. The molecule has 1 unspecified atom stereocenters. The lowest BCUT2D eigenvalue weighted by Crippen LogP contribution is -2.41. The zero-order valence-corrected chi connectivity index (χ0v) is 12.1. The van der Waals surface area contributed by atoms with E-state index in [1.165, 1.54) is 12.1 Å². The van der Waals surface area contributed by atoms with Gasteiger partial charge in [0.15, 0.2) is 0 Å². The number of aliphatic carboxylic acids is 1. The molecule has 0 aliphatic carbocycles. The standard InChI is InChI=1S/C15H21FN2O3/c1-11-10-12(2-3-13(11)16)14(15(19)20)17-4-5-18-6-8-21-9-7-18/h2-3,10,14,17H,4-9H2,1H3,(H,19,20). The summed E-state index contributed by atoms with van der Waals surface area (Å²) >= 11 is 0. The van der Waals surface area contributed by atoms with Gasteiger partial charge in [-0.2, -0.15) is 0 Å². The summed E-state index contributed by atoms with van der Waals surface area (Å²) in [6.45, 7) is 6.15. The summed E-state index contributed by atoms with van der Waals surface area (Å²) in [6.07, 6.45) is 0. The minimum Gasteiger partial charge on any atom is -0.480 e. The molecule has 1 aromatic carbocycles. The van der Waals surface area contributed by atoms with E-state index in [4.69, 9.17) is 4.74 Å². The van der Waals surface area contributed by atoms with Gasteiger partial charge in [-0.15, -0.1) is 0 Å². The Bertz CT molecular complexity index is 490. The fraction of sp³-hybridized carbons (Fsp3) is 0.533. The monoisotopic (exact) mass is 296 g/mol. The van der Waals surface area contributed by atoms with Crippen molar-refractivity contribution in [3.63, 3.8) is 0 Å². The molecule has 1 aliphatic heterocycles. The Morgan fingerprint density at radius 2 is 2.19 bits per heavy atom. The molecule has 1 fully saturated rings. The van der Waals surface area contributed by atoms with E-state index >= 15 is 0 Å². The van der Waals surface area contributed by atoms with E-state index < -0.39 is 12.0 Å². The van der Waals surface area contributed by atoms with Gasteiger partial charge >= 0.3 is 5.97 Å². The van der Waals surface area contributed by atoms with Gasteiger partial charge in [0.1, 0.15) is 11.9 Å². The van der Waals surface area contributed by atoms with Crippen molar-refractivity contribution in [3.8, 4) is 0 Å². The van der Waals surface area contributed by atoms with Crippen LogP contribution < -0.4 is 5.32 Å². The molecule has 1 atom stereocenters. The molecule has 1 heterocycles. The Morgan fingerprint density at radius 1 is 1.48 bits per heavy atom. The van der Waals surface area contributed by atoms with Crippen molar-refractivity contribution in [1.29, 1.82) is 0 Å². The fourth-order valence-corrected chi connectivity index (χ4v) is 2.39. The van der Waals surface area contributed by atoms with Crippen LogP contribution in [0.1, 0.15) is 17.2 Å². The second-order valence-corrected chi connectivity index (χ2v) is 5.19. The van der Waals surface area contributed by atoms with E-state index in [2.05, 4.69) is 10.2 Å². The lowest BCUT2D eigenvalue weighted by atomic mass is 10.0. The molecule has 6 heteroatoms. The molecule has 0 saturated carbocycles. The van der Waals surface area contributed by atoms with Crippen LogP contribution in [-0.2, 0) is 9.53 Å². The lowest BCUT2D eigenvalue weighted by Gasteiger charge is -2.27. The lowest BCUT2D eigenvalue weighted by molar-refractivity contribution is -0.139. The largest absolute Gasteiger partial charge is 0.480 e. The Balaban J connectivity index is 1.92. The smallest absolute Gasteiger partial charge is 0.325 e. The van der Waals surface area contributed by atoms with E-state index in [1.54, 1.807) is 13.0 Å². The van der Waals surface area contributed by atoms with Gasteiger partial charge in [-0.3, -0.25) is 15.0 Å². The number of morpholine rings is 1. The number of benzene rings is 1. The van der Waals surface area contributed by atoms with Crippen LogP contribution in [0.15, 0.2) is 18.2 Å². The number of carboxylic acids is 1. The first kappa shape index (κ1) is 15.9. The van der Waals surface area contributed by atoms with E-state index in [-0.39, 0.29) is 5.82 Å². The minimum absolute atomic E-state index is 0.323. The highest BCUT2D eigenvalue weighted by Gasteiger charge is 2.20. The number of rotatable bonds is 6. The van der Waals surface area contributed by atoms with Crippen LogP contribution in [0.3, 0.4) is 0 Å². The molecule has 0 spiro atoms. The van der Waals surface area contributed by atoms with Crippen LogP contribution in [-0.4, -0.2) is 55.4 Å². The molecule has 1 saturated heterocycles. The van der Waals surface area contributed by atoms with Crippen molar-refractivity contribution >= 4 is 5.97 Å². The fourth-order valence-electron chi connectivity index (χ4n) is 2.39. The molecule has 0 aromatic heterocycles. The molecule has 2 N–H and O–H groups in total. The van der Waals surface area contributed by atoms with Crippen molar-refractivity contribution < 1.29 is 19.0 Å². The molecule has 1 aliphatic rings. The maximum absolute atomic E-state index is 13.3. The van der Waals surface area contributed by atoms with Crippen LogP contribution >= 0.6 is 0 Å². The molecule has 116 valence electrons. The van der Waals surface area contributed by atoms with Crippen LogP contribution in [0.2, 0.25) is 0 Å². The third-order valence-electron chi connectivity index (χ3n) is 3.64. The molecular weight excluding hydrogens is 275 g/mol. The van der Waals surface area contributed by atoms with Crippen molar-refractivity contribution in [3.05, 3.63) is 35.1 Å². The summed E-state index contributed by atoms with van der Waals surface area (Å²) in [6, 6.07) is 3.59. The Kier molecular flexibility index (Phi) is 5.67. The maximum atomic E-state index is 13.3. The van der Waals surface area contributed by atoms with Crippen molar-refractivity contribution in [2.24, 2.45) is 0 Å². The summed E-state index contributed by atoms with van der Waals surface area (Å²) < 4.78 is 18.5. The molecule has 0 amide bonds. The van der Waals surface area contributed by atoms with Gasteiger partial charge in [-0.25, -0.2) is 4.39 Å². The van der Waals surface area contributed by atoms with Crippen molar-refractivity contribution in [2.45, 2.75) is 13.0 Å². The Morgan fingerprint density at radius 3 is 2.81 bits per heavy atom. The van der Waals surface area contributed by atoms with E-state index in [0.717, 1.165) is 32.8 Å². The maximum Gasteiger partial charge on any atom is 0.325 e. The summed E-state index contributed by atoms with van der Waals surface area (Å²) in [5, 5.41) is 12.4. The Labute approximate surface area is 123 Å². The summed E-state index contributed by atoms with van der Waals surface area (Å²) in [5.41, 5.74) is 1.03. The van der Waals surface area contributed by atoms with E-state index in [0.29, 0.717) is 17.7 Å². The van der Waals surface area contributed by atoms with Gasteiger partial charge in [0.2, 0.25) is 0 Å². The quantitative estimate of drug-likeness (QED) is 0.825. The highest BCUT2D eigenvalue weighted by Crippen LogP contribution is 2.17. The van der Waals surface area contributed by atoms with Gasteiger partial charge in [-0.1, -0.05) is 12.1 Å². The third-order valence-corrected chi connectivity index (χ3v) is 3.64. The number of nitrogens with one attached hydrogen (secondary N) is 1. The van der Waals surface area contributed by atoms with Gasteiger partial charge in [-0.05, 0) is 24.1 Å². The van der Waals surface area contributed by atoms with E-state index in [1.807, 2.05) is 0 Å². The number of aryl methyl sites for hydroxylation is 1. The second kappa shape index (κ2) is 7.49. The summed E-state index contributed by atoms with van der Waals surface area (Å²) in [5.74, 6) is -1.28. The predicted octanol–water partition coefficient (Wildman–Crippen LogP) is 1.18. The number of hydrogen-bond acceptors (Lipinski definition) is 4. The molecule has 0 radical (unpaired) electrons. The zero-order chi connectivity index (χ0) is 15.2. The van der Waals surface area contributed by atoms with Crippen LogP contribution in [0.5, 0.6) is 0 Å². The number of carbonyl (C=O) groups is 1. The minimum atomic E-state index is -0.956. The molecule has 5 nitrogen and oxygen atoms in total. The van der Waals surface area contributed by atoms with Crippen LogP contribution in [0, 0.1) is 12.7 Å². The molecule has 1 aromatic rings. The van der Waals surface area contributed by atoms with Crippen LogP contribution in [0.4, 0.5) is 4.39 Å². The van der Waals surface area contributed by atoms with Gasteiger partial charge in [0.05, 0.1) is 13.2 Å². The summed E-state index contributed by atoms with van der Waals surface area (Å²) in [4.78, 5) is 13.6. The topological polar surface area (TPSA) is 61.8 Å². The Hall–Kier alpha value is -1.50. The average Bonchev–Trinajstić information content (AvgIpc) is 2.47. The second-order valence-electron chi connectivity index (χ2n) is 5.19. The van der Waals surface area contributed by atoms with Crippen LogP contribution in [0.25, 0.3) is 0 Å². The predicted molar refractivity (Wildman–Crippen MR) is 76.8 cm³/mol. The zero-order valence-electron chi connectivity index (χ0n) is 12.1. The number of halogens is 1. The van der Waals surface area contributed by atoms with Crippen molar-refractivity contribution in [2.75, 3.05) is 39.4 Å². The highest BCUT2D eigenvalue weighted by molar-refractivity contribution is 5.75. The molecule has 21 heavy (non-hydrogen) atoms. The van der Waals surface area contributed by atoms with Gasteiger partial charge in [0, 0.05) is 26.2 Å². The SMILES string of the molecule is Cc1cc(C(NCCN2CCOCC2)C(=O)O)ccc1F. The molecule has 0 bridgehead atoms. The number of nitrogens with zero attached hydrogens (tertiary/aromatic N) is 1. The normalized spacial score (nSPS) is 17.6. The average molecular weight is 296 g/mol. The first-order valence-corrected chi connectivity index (χ1v) is 7.10. The van der Waals surface area contributed by atoms with Crippen molar-refractivity contribution in [1.82, 2.24) is 10.2 Å². The van der Waals surface area contributed by atoms with Gasteiger partial charge in [0.25, 0.3) is 0 Å². The summed E-state index contributed by atoms with van der Waals surface area (Å²) in [7, 11) is 0. The first-order valence-electron chi connectivity index (χ1n) is 7.10. The number of ether oxygens (including phenoxy) is 1. The molecule has 2 rings (SSSR count). The number of carboxylic acid groups (broad SMARTS) is 1. The first-order chi connectivity index (χ1) is 10.1. The van der Waals surface area contributed by atoms with Gasteiger partial charge < -0.3 is 9.84 Å². The number of hydrogen-bond donors (Lipinski definition) is 2. The molecular formula is C15H21FN2O3.